The monoisotopic (exact) mass is 345 g/mol. The van der Waals surface area contributed by atoms with E-state index in [4.69, 9.17) is 0 Å². The standard InChI is InChI=1S/C16H28BrNS/c1-4-6-7-8-9-10-11-14(18-5-2)15-12-13(3)16(17)19-15/h12,14,18H,4-11H2,1-3H3. The van der Waals surface area contributed by atoms with Crippen molar-refractivity contribution in [2.75, 3.05) is 6.54 Å². The third-order valence-electron chi connectivity index (χ3n) is 3.52. The number of halogens is 1. The lowest BCUT2D eigenvalue weighted by molar-refractivity contribution is 0.482. The number of aryl methyl sites for hydroxylation is 1. The zero-order chi connectivity index (χ0) is 14.1. The molecule has 110 valence electrons. The van der Waals surface area contributed by atoms with Crippen LogP contribution >= 0.6 is 27.3 Å². The van der Waals surface area contributed by atoms with Crippen LogP contribution in [-0.2, 0) is 0 Å². The second-order valence-electron chi connectivity index (χ2n) is 5.27. The van der Waals surface area contributed by atoms with Crippen LogP contribution in [0.1, 0.15) is 75.3 Å². The van der Waals surface area contributed by atoms with Gasteiger partial charge < -0.3 is 5.32 Å². The molecular weight excluding hydrogens is 318 g/mol. The average molecular weight is 346 g/mol. The van der Waals surface area contributed by atoms with Crippen LogP contribution in [0.4, 0.5) is 0 Å². The van der Waals surface area contributed by atoms with Gasteiger partial charge >= 0.3 is 0 Å². The average Bonchev–Trinajstić information content (AvgIpc) is 2.72. The van der Waals surface area contributed by atoms with E-state index >= 15 is 0 Å². The summed E-state index contributed by atoms with van der Waals surface area (Å²) in [5.74, 6) is 0. The Morgan fingerprint density at radius 3 is 2.42 bits per heavy atom. The fourth-order valence-electron chi connectivity index (χ4n) is 2.38. The Morgan fingerprint density at radius 2 is 1.84 bits per heavy atom. The van der Waals surface area contributed by atoms with Gasteiger partial charge in [-0.1, -0.05) is 52.4 Å². The van der Waals surface area contributed by atoms with E-state index in [0.29, 0.717) is 6.04 Å². The van der Waals surface area contributed by atoms with Crippen LogP contribution in [0, 0.1) is 6.92 Å². The number of unbranched alkanes of at least 4 members (excludes halogenated alkanes) is 5. The number of thiophene rings is 1. The lowest BCUT2D eigenvalue weighted by Gasteiger charge is -2.16. The smallest absolute Gasteiger partial charge is 0.0731 e. The highest BCUT2D eigenvalue weighted by Gasteiger charge is 2.13. The molecule has 1 aromatic rings. The van der Waals surface area contributed by atoms with Gasteiger partial charge in [-0.2, -0.15) is 0 Å². The van der Waals surface area contributed by atoms with Gasteiger partial charge in [0.2, 0.25) is 0 Å². The van der Waals surface area contributed by atoms with E-state index < -0.39 is 0 Å². The lowest BCUT2D eigenvalue weighted by Crippen LogP contribution is -2.19. The van der Waals surface area contributed by atoms with Crippen molar-refractivity contribution in [2.24, 2.45) is 0 Å². The van der Waals surface area contributed by atoms with Crippen molar-refractivity contribution in [3.63, 3.8) is 0 Å². The predicted octanol–water partition coefficient (Wildman–Crippen LogP) is 6.22. The van der Waals surface area contributed by atoms with Crippen molar-refractivity contribution in [3.05, 3.63) is 20.3 Å². The minimum Gasteiger partial charge on any atom is -0.310 e. The van der Waals surface area contributed by atoms with Crippen molar-refractivity contribution >= 4 is 27.3 Å². The fourth-order valence-corrected chi connectivity index (χ4v) is 4.06. The van der Waals surface area contributed by atoms with Crippen LogP contribution < -0.4 is 5.32 Å². The van der Waals surface area contributed by atoms with Gasteiger partial charge in [0.1, 0.15) is 0 Å². The molecule has 0 aliphatic carbocycles. The summed E-state index contributed by atoms with van der Waals surface area (Å²) in [5, 5.41) is 3.63. The molecule has 1 aromatic heterocycles. The van der Waals surface area contributed by atoms with Gasteiger partial charge in [-0.25, -0.2) is 0 Å². The number of hydrogen-bond acceptors (Lipinski definition) is 2. The normalized spacial score (nSPS) is 12.8. The van der Waals surface area contributed by atoms with Crippen LogP contribution in [0.15, 0.2) is 9.85 Å². The summed E-state index contributed by atoms with van der Waals surface area (Å²) in [6.07, 6.45) is 9.54. The second-order valence-corrected chi connectivity index (χ2v) is 7.67. The lowest BCUT2D eigenvalue weighted by atomic mass is 10.0. The molecule has 0 bridgehead atoms. The molecule has 1 atom stereocenters. The van der Waals surface area contributed by atoms with Gasteiger partial charge in [-0.3, -0.25) is 0 Å². The van der Waals surface area contributed by atoms with Crippen LogP contribution in [0.5, 0.6) is 0 Å². The van der Waals surface area contributed by atoms with Crippen LogP contribution in [0.2, 0.25) is 0 Å². The van der Waals surface area contributed by atoms with Gasteiger partial charge in [-0.05, 0) is 47.4 Å². The van der Waals surface area contributed by atoms with E-state index in [1.54, 1.807) is 0 Å². The molecule has 19 heavy (non-hydrogen) atoms. The van der Waals surface area contributed by atoms with Crippen molar-refractivity contribution in [1.29, 1.82) is 0 Å². The highest BCUT2D eigenvalue weighted by atomic mass is 79.9. The molecule has 0 aliphatic rings. The first-order valence-electron chi connectivity index (χ1n) is 7.68. The molecule has 0 saturated heterocycles. The Labute approximate surface area is 131 Å². The molecule has 1 nitrogen and oxygen atoms in total. The van der Waals surface area contributed by atoms with E-state index in [9.17, 15) is 0 Å². The minimum atomic E-state index is 0.547. The summed E-state index contributed by atoms with van der Waals surface area (Å²) in [5.41, 5.74) is 1.37. The molecule has 1 unspecified atom stereocenters. The third kappa shape index (κ3) is 6.42. The minimum absolute atomic E-state index is 0.547. The Morgan fingerprint density at radius 1 is 1.16 bits per heavy atom. The van der Waals surface area contributed by atoms with Crippen molar-refractivity contribution < 1.29 is 0 Å². The first-order chi connectivity index (χ1) is 9.19. The zero-order valence-electron chi connectivity index (χ0n) is 12.6. The Balaban J connectivity index is 2.36. The van der Waals surface area contributed by atoms with Crippen molar-refractivity contribution in [2.45, 2.75) is 71.8 Å². The summed E-state index contributed by atoms with van der Waals surface area (Å²) in [4.78, 5) is 1.49. The molecule has 1 N–H and O–H groups in total. The summed E-state index contributed by atoms with van der Waals surface area (Å²) in [6, 6.07) is 2.88. The SMILES string of the molecule is CCCCCCCCC(NCC)c1cc(C)c(Br)s1. The fraction of sp³-hybridized carbons (Fsp3) is 0.750. The van der Waals surface area contributed by atoms with E-state index in [1.165, 1.54) is 59.2 Å². The quantitative estimate of drug-likeness (QED) is 0.496. The molecule has 1 heterocycles. The van der Waals surface area contributed by atoms with E-state index in [-0.39, 0.29) is 0 Å². The summed E-state index contributed by atoms with van der Waals surface area (Å²) >= 11 is 5.52. The summed E-state index contributed by atoms with van der Waals surface area (Å²) in [7, 11) is 0. The maximum Gasteiger partial charge on any atom is 0.0731 e. The highest BCUT2D eigenvalue weighted by Crippen LogP contribution is 2.33. The molecule has 0 aromatic carbocycles. The first kappa shape index (κ1) is 17.2. The molecule has 0 aliphatic heterocycles. The predicted molar refractivity (Wildman–Crippen MR) is 91.2 cm³/mol. The van der Waals surface area contributed by atoms with E-state index in [0.717, 1.165) is 6.54 Å². The number of rotatable bonds is 10. The van der Waals surface area contributed by atoms with E-state index in [2.05, 4.69) is 48.1 Å². The Bertz CT molecular complexity index is 329. The topological polar surface area (TPSA) is 12.0 Å². The molecular formula is C16H28BrNS. The third-order valence-corrected chi connectivity index (χ3v) is 5.77. The molecule has 0 fully saturated rings. The van der Waals surface area contributed by atoms with Crippen molar-refractivity contribution in [3.8, 4) is 0 Å². The number of hydrogen-bond donors (Lipinski definition) is 1. The largest absolute Gasteiger partial charge is 0.310 e. The van der Waals surface area contributed by atoms with Gasteiger partial charge in [0, 0.05) is 10.9 Å². The first-order valence-corrected chi connectivity index (χ1v) is 9.29. The van der Waals surface area contributed by atoms with Crippen molar-refractivity contribution in [1.82, 2.24) is 5.32 Å². The van der Waals surface area contributed by atoms with Crippen LogP contribution in [0.25, 0.3) is 0 Å². The molecule has 3 heteroatoms. The van der Waals surface area contributed by atoms with Gasteiger partial charge in [0.25, 0.3) is 0 Å². The highest BCUT2D eigenvalue weighted by molar-refractivity contribution is 9.11. The zero-order valence-corrected chi connectivity index (χ0v) is 15.0. The van der Waals surface area contributed by atoms with Gasteiger partial charge in [0.05, 0.1) is 3.79 Å². The van der Waals surface area contributed by atoms with Gasteiger partial charge in [-0.15, -0.1) is 11.3 Å². The molecule has 0 spiro atoms. The number of nitrogens with one attached hydrogen (secondary N) is 1. The van der Waals surface area contributed by atoms with Crippen LogP contribution in [-0.4, -0.2) is 6.54 Å². The second kappa shape index (κ2) is 9.95. The van der Waals surface area contributed by atoms with Crippen LogP contribution in [0.3, 0.4) is 0 Å². The summed E-state index contributed by atoms with van der Waals surface area (Å²) in [6.45, 7) is 7.70. The molecule has 0 radical (unpaired) electrons. The maximum absolute atomic E-state index is 3.64. The van der Waals surface area contributed by atoms with Gasteiger partial charge in [0.15, 0.2) is 0 Å². The Kier molecular flexibility index (Phi) is 9.01. The molecule has 0 saturated carbocycles. The maximum atomic E-state index is 3.64. The molecule has 1 rings (SSSR count). The Hall–Kier alpha value is 0.140. The summed E-state index contributed by atoms with van der Waals surface area (Å²) < 4.78 is 1.29. The van der Waals surface area contributed by atoms with E-state index in [1.807, 2.05) is 11.3 Å². The molecule has 0 amide bonds.